The first-order chi connectivity index (χ1) is 20.0. The van der Waals surface area contributed by atoms with Crippen molar-refractivity contribution in [2.45, 2.75) is 19.3 Å². The molecule has 8 rings (SSSR count). The summed E-state index contributed by atoms with van der Waals surface area (Å²) in [5.41, 5.74) is 18.8. The molecule has 0 fully saturated rings. The van der Waals surface area contributed by atoms with E-state index in [9.17, 15) is 0 Å². The van der Waals surface area contributed by atoms with Gasteiger partial charge in [0, 0.05) is 28.4 Å². The molecule has 0 amide bonds. The van der Waals surface area contributed by atoms with E-state index in [1.54, 1.807) is 0 Å². The van der Waals surface area contributed by atoms with Crippen LogP contribution in [0.25, 0.3) is 27.7 Å². The molecule has 0 saturated heterocycles. The number of para-hydroxylation sites is 2. The minimum Gasteiger partial charge on any atom is -0.395 e. The number of pyridine rings is 1. The van der Waals surface area contributed by atoms with Crippen LogP contribution in [0.5, 0.6) is 0 Å². The fourth-order valence-corrected chi connectivity index (χ4v) is 6.65. The maximum Gasteiger partial charge on any atom is 0.162 e. The van der Waals surface area contributed by atoms with Gasteiger partial charge in [-0.25, -0.2) is 4.99 Å². The topological polar surface area (TPSA) is 59.4 Å². The largest absolute Gasteiger partial charge is 0.395 e. The Balaban J connectivity index is 1.27. The molecule has 0 spiro atoms. The third kappa shape index (κ3) is 3.42. The van der Waals surface area contributed by atoms with Gasteiger partial charge < -0.3 is 10.6 Å². The van der Waals surface area contributed by atoms with E-state index in [2.05, 4.69) is 96.1 Å². The molecule has 0 saturated carbocycles. The molecular formula is C36H29N5. The molecule has 0 bridgehead atoms. The zero-order chi connectivity index (χ0) is 27.7. The van der Waals surface area contributed by atoms with Crippen LogP contribution in [0, 0.1) is 0 Å². The third-order valence-corrected chi connectivity index (χ3v) is 8.68. The summed E-state index contributed by atoms with van der Waals surface area (Å²) in [6.45, 7) is 5.24. The standard InChI is InChI=1S/C36H29N5/c1-36(2)28-15-8-6-13-25(28)26-19-18-24(21-29(26)36)40-22-30(34-32(40)17-10-20-38-34)39-35-33(37)27-14-7-9-16-31(27)41(35)23-11-4-3-5-12-23/h3-21H,22,37H2,1-2H3/b39-30+. The zero-order valence-corrected chi connectivity index (χ0v) is 23.0. The number of fused-ring (bicyclic) bond motifs is 5. The Kier molecular flexibility index (Phi) is 5.01. The molecule has 2 aliphatic rings. The summed E-state index contributed by atoms with van der Waals surface area (Å²) < 4.78 is 2.15. The van der Waals surface area contributed by atoms with Gasteiger partial charge in [-0.05, 0) is 64.7 Å². The highest BCUT2D eigenvalue weighted by atomic mass is 15.2. The molecule has 2 N–H and O–H groups in total. The Hall–Kier alpha value is -5.16. The monoisotopic (exact) mass is 531 g/mol. The molecule has 6 aromatic rings. The van der Waals surface area contributed by atoms with Crippen LogP contribution in [0.1, 0.15) is 30.7 Å². The fourth-order valence-electron chi connectivity index (χ4n) is 6.65. The van der Waals surface area contributed by atoms with Crippen LogP contribution < -0.4 is 10.6 Å². The summed E-state index contributed by atoms with van der Waals surface area (Å²) in [7, 11) is 0. The summed E-state index contributed by atoms with van der Waals surface area (Å²) >= 11 is 0. The first-order valence-corrected chi connectivity index (χ1v) is 14.0. The Bertz CT molecular complexity index is 2020. The van der Waals surface area contributed by atoms with E-state index in [0.717, 1.165) is 45.2 Å². The normalized spacial score (nSPS) is 15.8. The van der Waals surface area contributed by atoms with Crippen molar-refractivity contribution in [2.24, 2.45) is 4.99 Å². The van der Waals surface area contributed by atoms with Crippen molar-refractivity contribution in [1.29, 1.82) is 0 Å². The maximum absolute atomic E-state index is 6.79. The quantitative estimate of drug-likeness (QED) is 0.250. The predicted molar refractivity (Wildman–Crippen MR) is 169 cm³/mol. The minimum atomic E-state index is -0.0680. The number of aliphatic imine (C=N–C) groups is 1. The van der Waals surface area contributed by atoms with E-state index in [-0.39, 0.29) is 5.41 Å². The number of nitrogens with zero attached hydrogens (tertiary/aromatic N) is 4. The van der Waals surface area contributed by atoms with Gasteiger partial charge in [0.2, 0.25) is 0 Å². The van der Waals surface area contributed by atoms with Crippen LogP contribution in [0.15, 0.2) is 120 Å². The second-order valence-corrected chi connectivity index (χ2v) is 11.3. The van der Waals surface area contributed by atoms with E-state index in [1.165, 1.54) is 22.3 Å². The number of benzene rings is 4. The van der Waals surface area contributed by atoms with Crippen LogP contribution in [0.3, 0.4) is 0 Å². The van der Waals surface area contributed by atoms with Crippen molar-refractivity contribution in [2.75, 3.05) is 17.2 Å². The van der Waals surface area contributed by atoms with E-state index in [0.29, 0.717) is 12.2 Å². The summed E-state index contributed by atoms with van der Waals surface area (Å²) in [4.78, 5) is 12.4. The zero-order valence-electron chi connectivity index (χ0n) is 23.0. The van der Waals surface area contributed by atoms with Crippen LogP contribution in [-0.2, 0) is 5.41 Å². The van der Waals surface area contributed by atoms with Gasteiger partial charge in [0.1, 0.15) is 5.69 Å². The van der Waals surface area contributed by atoms with Gasteiger partial charge in [-0.15, -0.1) is 0 Å². The number of aromatic nitrogens is 2. The highest BCUT2D eigenvalue weighted by Crippen LogP contribution is 2.50. The minimum absolute atomic E-state index is 0.0680. The molecule has 2 aromatic heterocycles. The highest BCUT2D eigenvalue weighted by molar-refractivity contribution is 6.14. The number of hydrogen-bond donors (Lipinski definition) is 1. The van der Waals surface area contributed by atoms with Crippen LogP contribution in [-0.4, -0.2) is 21.8 Å². The van der Waals surface area contributed by atoms with Gasteiger partial charge in [0.05, 0.1) is 29.1 Å². The van der Waals surface area contributed by atoms with Gasteiger partial charge in [-0.3, -0.25) is 9.55 Å². The van der Waals surface area contributed by atoms with E-state index in [1.807, 2.05) is 42.6 Å². The van der Waals surface area contributed by atoms with Crippen LogP contribution in [0.2, 0.25) is 0 Å². The van der Waals surface area contributed by atoms with E-state index in [4.69, 9.17) is 15.7 Å². The molecule has 1 aliphatic heterocycles. The Labute approximate surface area is 239 Å². The molecule has 4 aromatic carbocycles. The number of rotatable bonds is 3. The second kappa shape index (κ2) is 8.67. The molecule has 198 valence electrons. The summed E-state index contributed by atoms with van der Waals surface area (Å²) in [6.07, 6.45) is 1.84. The molecule has 1 aliphatic carbocycles. The van der Waals surface area contributed by atoms with Crippen molar-refractivity contribution in [3.8, 4) is 16.8 Å². The molecule has 0 unspecified atom stereocenters. The second-order valence-electron chi connectivity index (χ2n) is 11.3. The highest BCUT2D eigenvalue weighted by Gasteiger charge is 2.36. The van der Waals surface area contributed by atoms with Crippen LogP contribution in [0.4, 0.5) is 22.9 Å². The average molecular weight is 532 g/mol. The lowest BCUT2D eigenvalue weighted by atomic mass is 9.82. The van der Waals surface area contributed by atoms with Gasteiger partial charge in [-0.2, -0.15) is 0 Å². The lowest BCUT2D eigenvalue weighted by Gasteiger charge is -2.24. The predicted octanol–water partition coefficient (Wildman–Crippen LogP) is 8.19. The average Bonchev–Trinajstić information content (AvgIpc) is 3.60. The van der Waals surface area contributed by atoms with Gasteiger partial charge in [0.15, 0.2) is 5.82 Å². The lowest BCUT2D eigenvalue weighted by Crippen LogP contribution is -2.19. The number of anilines is 3. The third-order valence-electron chi connectivity index (χ3n) is 8.68. The number of hydrogen-bond acceptors (Lipinski definition) is 4. The number of nitrogen functional groups attached to an aromatic ring is 1. The molecule has 0 atom stereocenters. The van der Waals surface area contributed by atoms with Gasteiger partial charge >= 0.3 is 0 Å². The summed E-state index contributed by atoms with van der Waals surface area (Å²) in [5, 5.41) is 0.993. The van der Waals surface area contributed by atoms with Crippen molar-refractivity contribution >= 4 is 39.5 Å². The molecule has 5 nitrogen and oxygen atoms in total. The van der Waals surface area contributed by atoms with Crippen molar-refractivity contribution in [1.82, 2.24) is 9.55 Å². The molecule has 5 heteroatoms. The molecule has 41 heavy (non-hydrogen) atoms. The van der Waals surface area contributed by atoms with Crippen molar-refractivity contribution in [3.05, 3.63) is 132 Å². The van der Waals surface area contributed by atoms with Gasteiger partial charge in [-0.1, -0.05) is 80.6 Å². The Morgan fingerprint density at radius 1 is 0.756 bits per heavy atom. The van der Waals surface area contributed by atoms with Crippen molar-refractivity contribution in [3.63, 3.8) is 0 Å². The molecule has 0 radical (unpaired) electrons. The Morgan fingerprint density at radius 3 is 2.39 bits per heavy atom. The fraction of sp³-hybridized carbons (Fsp3) is 0.111. The maximum atomic E-state index is 6.79. The van der Waals surface area contributed by atoms with Gasteiger partial charge in [0.25, 0.3) is 0 Å². The first-order valence-electron chi connectivity index (χ1n) is 14.0. The van der Waals surface area contributed by atoms with Crippen LogP contribution >= 0.6 is 0 Å². The Morgan fingerprint density at radius 2 is 1.51 bits per heavy atom. The summed E-state index contributed by atoms with van der Waals surface area (Å²) in [6, 6.07) is 38.2. The van der Waals surface area contributed by atoms with E-state index < -0.39 is 0 Å². The molecular weight excluding hydrogens is 502 g/mol. The summed E-state index contributed by atoms with van der Waals surface area (Å²) in [5.74, 6) is 0.733. The molecule has 3 heterocycles. The van der Waals surface area contributed by atoms with Crippen molar-refractivity contribution < 1.29 is 0 Å². The van der Waals surface area contributed by atoms with E-state index >= 15 is 0 Å². The SMILES string of the molecule is CC1(C)c2ccccc2-c2ccc(N3C/C(=N\c4c(N)c5ccccc5n4-c4ccccc4)c4ncccc43)cc21. The first kappa shape index (κ1) is 23.7. The smallest absolute Gasteiger partial charge is 0.162 e. The number of nitrogens with two attached hydrogens (primary N) is 1. The lowest BCUT2D eigenvalue weighted by molar-refractivity contribution is 0.660.